The van der Waals surface area contributed by atoms with Crippen LogP contribution < -0.4 is 10.1 Å². The van der Waals surface area contributed by atoms with Gasteiger partial charge in [-0.15, -0.1) is 13.2 Å². The molecular formula is C13H16F3NO. The smallest absolute Gasteiger partial charge is 0.405 e. The molecule has 2 rings (SSSR count). The first-order chi connectivity index (χ1) is 8.42. The summed E-state index contributed by atoms with van der Waals surface area (Å²) in [4.78, 5) is 0. The third-order valence-corrected chi connectivity index (χ3v) is 3.39. The van der Waals surface area contributed by atoms with Crippen LogP contribution in [0, 0.1) is 11.8 Å². The van der Waals surface area contributed by atoms with Gasteiger partial charge in [-0.3, -0.25) is 0 Å². The number of hydrogen-bond donors (Lipinski definition) is 1. The van der Waals surface area contributed by atoms with Gasteiger partial charge in [-0.05, 0) is 31.4 Å². The lowest BCUT2D eigenvalue weighted by Gasteiger charge is -2.20. The quantitative estimate of drug-likeness (QED) is 0.893. The first-order valence-corrected chi connectivity index (χ1v) is 5.94. The molecule has 1 N–H and O–H groups in total. The molecule has 0 saturated heterocycles. The molecule has 18 heavy (non-hydrogen) atoms. The molecule has 0 radical (unpaired) electrons. The molecule has 0 aliphatic heterocycles. The Morgan fingerprint density at radius 1 is 1.33 bits per heavy atom. The van der Waals surface area contributed by atoms with E-state index in [1.165, 1.54) is 6.07 Å². The molecule has 5 heteroatoms. The van der Waals surface area contributed by atoms with E-state index < -0.39 is 6.36 Å². The lowest BCUT2D eigenvalue weighted by atomic mass is 10.0. The average Bonchev–Trinajstić information content (AvgIpc) is 2.97. The molecule has 0 spiro atoms. The van der Waals surface area contributed by atoms with Crippen molar-refractivity contribution < 1.29 is 17.9 Å². The summed E-state index contributed by atoms with van der Waals surface area (Å²) in [6, 6.07) is 6.25. The SMILES string of the molecule is CNC(c1ccccc1OC(F)(F)F)C1CC1C. The first kappa shape index (κ1) is 13.2. The second-order valence-electron chi connectivity index (χ2n) is 4.73. The summed E-state index contributed by atoms with van der Waals surface area (Å²) < 4.78 is 41.1. The second-order valence-corrected chi connectivity index (χ2v) is 4.73. The van der Waals surface area contributed by atoms with Crippen molar-refractivity contribution >= 4 is 0 Å². The van der Waals surface area contributed by atoms with Crippen molar-refractivity contribution in [1.82, 2.24) is 5.32 Å². The van der Waals surface area contributed by atoms with Gasteiger partial charge in [-0.25, -0.2) is 0 Å². The molecule has 0 heterocycles. The van der Waals surface area contributed by atoms with Gasteiger partial charge in [0.25, 0.3) is 0 Å². The van der Waals surface area contributed by atoms with Gasteiger partial charge < -0.3 is 10.1 Å². The van der Waals surface area contributed by atoms with Crippen molar-refractivity contribution in [3.8, 4) is 5.75 Å². The number of halogens is 3. The summed E-state index contributed by atoms with van der Waals surface area (Å²) in [6.07, 6.45) is -3.62. The van der Waals surface area contributed by atoms with Gasteiger partial charge in [-0.2, -0.15) is 0 Å². The minimum absolute atomic E-state index is 0.0847. The molecule has 0 bridgehead atoms. The van der Waals surface area contributed by atoms with Gasteiger partial charge in [0.15, 0.2) is 0 Å². The first-order valence-electron chi connectivity index (χ1n) is 5.94. The highest BCUT2D eigenvalue weighted by molar-refractivity contribution is 5.37. The molecule has 1 aliphatic rings. The van der Waals surface area contributed by atoms with Crippen LogP contribution in [-0.2, 0) is 0 Å². The van der Waals surface area contributed by atoms with Crippen molar-refractivity contribution in [2.24, 2.45) is 11.8 Å². The molecule has 1 saturated carbocycles. The highest BCUT2D eigenvalue weighted by Gasteiger charge is 2.41. The van der Waals surface area contributed by atoms with E-state index in [4.69, 9.17) is 0 Å². The summed E-state index contributed by atoms with van der Waals surface area (Å²) in [7, 11) is 1.76. The fraction of sp³-hybridized carbons (Fsp3) is 0.538. The maximum Gasteiger partial charge on any atom is 0.573 e. The molecule has 1 aliphatic carbocycles. The van der Waals surface area contributed by atoms with Crippen LogP contribution in [0.1, 0.15) is 24.9 Å². The van der Waals surface area contributed by atoms with Crippen molar-refractivity contribution in [2.75, 3.05) is 7.05 Å². The van der Waals surface area contributed by atoms with Gasteiger partial charge in [0, 0.05) is 11.6 Å². The average molecular weight is 259 g/mol. The Kier molecular flexibility index (Phi) is 3.52. The van der Waals surface area contributed by atoms with E-state index in [-0.39, 0.29) is 11.8 Å². The largest absolute Gasteiger partial charge is 0.573 e. The fourth-order valence-corrected chi connectivity index (χ4v) is 2.37. The molecule has 1 aromatic carbocycles. The molecule has 3 unspecified atom stereocenters. The van der Waals surface area contributed by atoms with E-state index in [1.807, 2.05) is 0 Å². The molecule has 100 valence electrons. The summed E-state index contributed by atoms with van der Waals surface area (Å²) in [5.74, 6) is 0.817. The minimum atomic E-state index is -4.65. The number of alkyl halides is 3. The summed E-state index contributed by atoms with van der Waals surface area (Å²) >= 11 is 0. The Morgan fingerprint density at radius 3 is 2.44 bits per heavy atom. The number of para-hydroxylation sites is 1. The van der Waals surface area contributed by atoms with Crippen molar-refractivity contribution in [3.63, 3.8) is 0 Å². The van der Waals surface area contributed by atoms with Crippen LogP contribution in [0.15, 0.2) is 24.3 Å². The highest BCUT2D eigenvalue weighted by atomic mass is 19.4. The second kappa shape index (κ2) is 4.80. The van der Waals surface area contributed by atoms with Crippen molar-refractivity contribution in [3.05, 3.63) is 29.8 Å². The summed E-state index contributed by atoms with van der Waals surface area (Å²) in [6.45, 7) is 2.10. The third kappa shape index (κ3) is 2.96. The number of rotatable bonds is 4. The van der Waals surface area contributed by atoms with Gasteiger partial charge in [0.1, 0.15) is 5.75 Å². The zero-order valence-electron chi connectivity index (χ0n) is 10.3. The Labute approximate surface area is 104 Å². The molecule has 0 aromatic heterocycles. The number of hydrogen-bond acceptors (Lipinski definition) is 2. The van der Waals surface area contributed by atoms with Crippen LogP contribution in [0.25, 0.3) is 0 Å². The maximum atomic E-state index is 12.3. The molecule has 3 atom stereocenters. The monoisotopic (exact) mass is 259 g/mol. The van der Waals surface area contributed by atoms with Crippen LogP contribution in [0.2, 0.25) is 0 Å². The van der Waals surface area contributed by atoms with Gasteiger partial charge >= 0.3 is 6.36 Å². The fourth-order valence-electron chi connectivity index (χ4n) is 2.37. The van der Waals surface area contributed by atoms with Crippen molar-refractivity contribution in [2.45, 2.75) is 25.7 Å². The molecule has 1 fully saturated rings. The van der Waals surface area contributed by atoms with Crippen LogP contribution >= 0.6 is 0 Å². The minimum Gasteiger partial charge on any atom is -0.405 e. The third-order valence-electron chi connectivity index (χ3n) is 3.39. The topological polar surface area (TPSA) is 21.3 Å². The molecule has 2 nitrogen and oxygen atoms in total. The van der Waals surface area contributed by atoms with Crippen LogP contribution in [-0.4, -0.2) is 13.4 Å². The van der Waals surface area contributed by atoms with E-state index >= 15 is 0 Å². The number of benzene rings is 1. The van der Waals surface area contributed by atoms with Crippen LogP contribution in [0.5, 0.6) is 5.75 Å². The predicted octanol–water partition coefficient (Wildman–Crippen LogP) is 3.50. The molecule has 1 aromatic rings. The Balaban J connectivity index is 2.26. The normalized spacial score (nSPS) is 24.7. The van der Waals surface area contributed by atoms with E-state index in [0.717, 1.165) is 6.42 Å². The molecule has 0 amide bonds. The number of ether oxygens (including phenoxy) is 1. The lowest BCUT2D eigenvalue weighted by Crippen LogP contribution is -2.23. The standard InChI is InChI=1S/C13H16F3NO/c1-8-7-10(8)12(17-2)9-5-3-4-6-11(9)18-13(14,15)16/h3-6,8,10,12,17H,7H2,1-2H3. The molecular weight excluding hydrogens is 243 g/mol. The van der Waals surface area contributed by atoms with E-state index in [9.17, 15) is 13.2 Å². The van der Waals surface area contributed by atoms with Gasteiger partial charge in [0.2, 0.25) is 0 Å². The summed E-state index contributed by atoms with van der Waals surface area (Å²) in [5, 5.41) is 3.09. The number of nitrogens with one attached hydrogen (secondary N) is 1. The van der Waals surface area contributed by atoms with E-state index in [1.54, 1.807) is 25.2 Å². The van der Waals surface area contributed by atoms with Gasteiger partial charge in [-0.1, -0.05) is 25.1 Å². The Hall–Kier alpha value is -1.23. The summed E-state index contributed by atoms with van der Waals surface area (Å²) in [5.41, 5.74) is 0.576. The lowest BCUT2D eigenvalue weighted by molar-refractivity contribution is -0.275. The van der Waals surface area contributed by atoms with Crippen molar-refractivity contribution in [1.29, 1.82) is 0 Å². The van der Waals surface area contributed by atoms with Crippen LogP contribution in [0.3, 0.4) is 0 Å². The Bertz CT molecular complexity index is 419. The van der Waals surface area contributed by atoms with E-state index in [2.05, 4.69) is 17.0 Å². The van der Waals surface area contributed by atoms with Crippen LogP contribution in [0.4, 0.5) is 13.2 Å². The highest BCUT2D eigenvalue weighted by Crippen LogP contribution is 2.48. The van der Waals surface area contributed by atoms with Gasteiger partial charge in [0.05, 0.1) is 0 Å². The maximum absolute atomic E-state index is 12.3. The Morgan fingerprint density at radius 2 is 1.94 bits per heavy atom. The van der Waals surface area contributed by atoms with E-state index in [0.29, 0.717) is 17.4 Å². The zero-order chi connectivity index (χ0) is 13.3. The zero-order valence-corrected chi connectivity index (χ0v) is 10.3. The predicted molar refractivity (Wildman–Crippen MR) is 62.2 cm³/mol.